The van der Waals surface area contributed by atoms with Gasteiger partial charge in [0.05, 0.1) is 11.7 Å². The van der Waals surface area contributed by atoms with Gasteiger partial charge in [0, 0.05) is 18.8 Å². The first kappa shape index (κ1) is 18.2. The average molecular weight is 320 g/mol. The third-order valence-electron chi connectivity index (χ3n) is 3.16. The Morgan fingerprint density at radius 3 is 2.55 bits per heavy atom. The normalized spacial score (nSPS) is 13.2. The number of carbonyl (C=O) groups excluding carboxylic acids is 1. The van der Waals surface area contributed by atoms with E-state index in [2.05, 4.69) is 5.32 Å². The second-order valence-corrected chi connectivity index (χ2v) is 5.33. The number of aromatic nitrogens is 1. The molecule has 8 heteroatoms. The fraction of sp³-hybridized carbons (Fsp3) is 0.571. The molecule has 0 aliphatic carbocycles. The van der Waals surface area contributed by atoms with Crippen molar-refractivity contribution in [1.82, 2.24) is 9.88 Å². The number of halogens is 3. The third kappa shape index (κ3) is 5.51. The van der Waals surface area contributed by atoms with E-state index in [1.807, 2.05) is 13.8 Å². The van der Waals surface area contributed by atoms with Crippen LogP contribution in [0.4, 0.5) is 13.2 Å². The van der Waals surface area contributed by atoms with Gasteiger partial charge in [0.25, 0.3) is 5.56 Å². The first-order chi connectivity index (χ1) is 10.1. The maximum atomic E-state index is 12.6. The van der Waals surface area contributed by atoms with Crippen LogP contribution in [0.3, 0.4) is 0 Å². The fourth-order valence-corrected chi connectivity index (χ4v) is 1.73. The molecule has 0 saturated carbocycles. The Balaban J connectivity index is 2.63. The van der Waals surface area contributed by atoms with Crippen LogP contribution in [0.5, 0.6) is 0 Å². The second-order valence-electron chi connectivity index (χ2n) is 5.33. The lowest BCUT2D eigenvalue weighted by Crippen LogP contribution is -2.34. The first-order valence-corrected chi connectivity index (χ1v) is 6.83. The van der Waals surface area contributed by atoms with Crippen LogP contribution in [-0.4, -0.2) is 28.2 Å². The van der Waals surface area contributed by atoms with Gasteiger partial charge in [0.2, 0.25) is 5.91 Å². The molecule has 0 aliphatic heterocycles. The number of alkyl halides is 3. The maximum absolute atomic E-state index is 12.6. The van der Waals surface area contributed by atoms with E-state index in [9.17, 15) is 27.9 Å². The summed E-state index contributed by atoms with van der Waals surface area (Å²) in [7, 11) is 0. The number of carbonyl (C=O) groups is 1. The Labute approximate surface area is 125 Å². The Kier molecular flexibility index (Phi) is 6.16. The van der Waals surface area contributed by atoms with Gasteiger partial charge < -0.3 is 15.0 Å². The molecule has 22 heavy (non-hydrogen) atoms. The van der Waals surface area contributed by atoms with Crippen molar-refractivity contribution in [3.63, 3.8) is 0 Å². The topological polar surface area (TPSA) is 71.3 Å². The molecule has 1 aromatic rings. The molecule has 1 aromatic heterocycles. The molecule has 0 saturated heterocycles. The van der Waals surface area contributed by atoms with Crippen molar-refractivity contribution in [2.45, 2.75) is 39.1 Å². The Bertz CT molecular complexity index is 567. The van der Waals surface area contributed by atoms with E-state index in [0.717, 1.165) is 6.07 Å². The average Bonchev–Trinajstić information content (AvgIpc) is 2.39. The Hall–Kier alpha value is -1.83. The highest BCUT2D eigenvalue weighted by Crippen LogP contribution is 2.27. The molecule has 0 spiro atoms. The molecule has 0 radical (unpaired) electrons. The van der Waals surface area contributed by atoms with Gasteiger partial charge in [-0.05, 0) is 18.4 Å². The zero-order valence-electron chi connectivity index (χ0n) is 12.4. The van der Waals surface area contributed by atoms with Gasteiger partial charge in [-0.2, -0.15) is 13.2 Å². The summed E-state index contributed by atoms with van der Waals surface area (Å²) in [5.74, 6) is -0.541. The minimum absolute atomic E-state index is 0.0444. The SMILES string of the molecule is CC(C)C(O)CCNC(=O)Cn1cc(C(F)(F)F)ccc1=O. The van der Waals surface area contributed by atoms with Crippen molar-refractivity contribution < 1.29 is 23.1 Å². The van der Waals surface area contributed by atoms with E-state index in [4.69, 9.17) is 0 Å². The summed E-state index contributed by atoms with van der Waals surface area (Å²) in [5.41, 5.74) is -1.68. The van der Waals surface area contributed by atoms with E-state index >= 15 is 0 Å². The molecule has 124 valence electrons. The standard InChI is InChI=1S/C14H19F3N2O3/c1-9(2)11(20)5-6-18-12(21)8-19-7-10(14(15,16)17)3-4-13(19)22/h3-4,7,9,11,20H,5-6,8H2,1-2H3,(H,18,21). The molecule has 1 heterocycles. The van der Waals surface area contributed by atoms with Gasteiger partial charge in [0.1, 0.15) is 6.54 Å². The van der Waals surface area contributed by atoms with Crippen LogP contribution in [-0.2, 0) is 17.5 Å². The largest absolute Gasteiger partial charge is 0.417 e. The van der Waals surface area contributed by atoms with Crippen LogP contribution in [0, 0.1) is 5.92 Å². The van der Waals surface area contributed by atoms with Crippen LogP contribution < -0.4 is 10.9 Å². The Morgan fingerprint density at radius 1 is 1.36 bits per heavy atom. The van der Waals surface area contributed by atoms with E-state index in [-0.39, 0.29) is 12.5 Å². The predicted molar refractivity (Wildman–Crippen MR) is 74.2 cm³/mol. The van der Waals surface area contributed by atoms with Gasteiger partial charge in [-0.3, -0.25) is 9.59 Å². The van der Waals surface area contributed by atoms with Crippen LogP contribution in [0.15, 0.2) is 23.1 Å². The third-order valence-corrected chi connectivity index (χ3v) is 3.16. The summed E-state index contributed by atoms with van der Waals surface area (Å²) in [6, 6.07) is 1.45. The van der Waals surface area contributed by atoms with Crippen molar-refractivity contribution in [2.75, 3.05) is 6.54 Å². The van der Waals surface area contributed by atoms with Gasteiger partial charge in [0.15, 0.2) is 0 Å². The highest BCUT2D eigenvalue weighted by atomic mass is 19.4. The zero-order chi connectivity index (χ0) is 16.9. The molecule has 0 fully saturated rings. The number of nitrogens with one attached hydrogen (secondary N) is 1. The summed E-state index contributed by atoms with van der Waals surface area (Å²) in [6.45, 7) is 3.34. The first-order valence-electron chi connectivity index (χ1n) is 6.83. The van der Waals surface area contributed by atoms with E-state index in [1.54, 1.807) is 0 Å². The summed E-state index contributed by atoms with van der Waals surface area (Å²) in [6.07, 6.45) is -4.20. The van der Waals surface area contributed by atoms with Crippen molar-refractivity contribution in [1.29, 1.82) is 0 Å². The predicted octanol–water partition coefficient (Wildman–Crippen LogP) is 1.39. The smallest absolute Gasteiger partial charge is 0.393 e. The fourth-order valence-electron chi connectivity index (χ4n) is 1.73. The Morgan fingerprint density at radius 2 is 2.00 bits per heavy atom. The molecule has 2 N–H and O–H groups in total. The number of aliphatic hydroxyl groups is 1. The highest BCUT2D eigenvalue weighted by molar-refractivity contribution is 5.75. The maximum Gasteiger partial charge on any atom is 0.417 e. The van der Waals surface area contributed by atoms with E-state index < -0.39 is 35.9 Å². The molecule has 1 atom stereocenters. The van der Waals surface area contributed by atoms with Gasteiger partial charge in [-0.25, -0.2) is 0 Å². The lowest BCUT2D eigenvalue weighted by atomic mass is 10.0. The molecule has 5 nitrogen and oxygen atoms in total. The lowest BCUT2D eigenvalue weighted by molar-refractivity contribution is -0.138. The summed E-state index contributed by atoms with van der Waals surface area (Å²) in [5, 5.41) is 12.0. The molecule has 0 aromatic carbocycles. The summed E-state index contributed by atoms with van der Waals surface area (Å²) >= 11 is 0. The van der Waals surface area contributed by atoms with Crippen molar-refractivity contribution in [2.24, 2.45) is 5.92 Å². The van der Waals surface area contributed by atoms with Crippen molar-refractivity contribution in [3.8, 4) is 0 Å². The number of nitrogens with zero attached hydrogens (tertiary/aromatic N) is 1. The number of rotatable bonds is 6. The molecule has 0 aliphatic rings. The molecular weight excluding hydrogens is 301 g/mol. The monoisotopic (exact) mass is 320 g/mol. The molecule has 1 amide bonds. The van der Waals surface area contributed by atoms with Crippen molar-refractivity contribution in [3.05, 3.63) is 34.2 Å². The molecule has 1 rings (SSSR count). The van der Waals surface area contributed by atoms with E-state index in [0.29, 0.717) is 23.3 Å². The number of pyridine rings is 1. The number of amides is 1. The minimum atomic E-state index is -4.58. The molecular formula is C14H19F3N2O3. The van der Waals surface area contributed by atoms with Crippen LogP contribution in [0.2, 0.25) is 0 Å². The van der Waals surface area contributed by atoms with Gasteiger partial charge >= 0.3 is 6.18 Å². The minimum Gasteiger partial charge on any atom is -0.393 e. The van der Waals surface area contributed by atoms with Crippen molar-refractivity contribution >= 4 is 5.91 Å². The van der Waals surface area contributed by atoms with Gasteiger partial charge in [-0.15, -0.1) is 0 Å². The summed E-state index contributed by atoms with van der Waals surface area (Å²) in [4.78, 5) is 23.1. The van der Waals surface area contributed by atoms with Gasteiger partial charge in [-0.1, -0.05) is 13.8 Å². The molecule has 0 bridgehead atoms. The van der Waals surface area contributed by atoms with E-state index in [1.165, 1.54) is 0 Å². The summed E-state index contributed by atoms with van der Waals surface area (Å²) < 4.78 is 38.4. The quantitative estimate of drug-likeness (QED) is 0.832. The van der Waals surface area contributed by atoms with Crippen LogP contribution in [0.25, 0.3) is 0 Å². The number of aliphatic hydroxyl groups excluding tert-OH is 1. The molecule has 1 unspecified atom stereocenters. The zero-order valence-corrected chi connectivity index (χ0v) is 12.4. The second kappa shape index (κ2) is 7.44. The number of hydrogen-bond donors (Lipinski definition) is 2. The highest BCUT2D eigenvalue weighted by Gasteiger charge is 2.31. The number of hydrogen-bond acceptors (Lipinski definition) is 3. The van der Waals surface area contributed by atoms with Crippen LogP contribution in [0.1, 0.15) is 25.8 Å². The lowest BCUT2D eigenvalue weighted by Gasteiger charge is -2.15. The van der Waals surface area contributed by atoms with Crippen LogP contribution >= 0.6 is 0 Å².